The lowest BCUT2D eigenvalue weighted by Gasteiger charge is -2.60. The van der Waals surface area contributed by atoms with E-state index in [1.165, 1.54) is 89.9 Å². The van der Waals surface area contributed by atoms with Crippen molar-refractivity contribution in [1.82, 2.24) is 0 Å². The van der Waals surface area contributed by atoms with Crippen molar-refractivity contribution in [2.24, 2.45) is 23.2 Å². The molecular weight excluding hydrogens is 284 g/mol. The summed E-state index contributed by atoms with van der Waals surface area (Å²) >= 11 is 0. The van der Waals surface area contributed by atoms with E-state index >= 15 is 0 Å². The summed E-state index contributed by atoms with van der Waals surface area (Å²) in [4.78, 5) is 11.0. The van der Waals surface area contributed by atoms with Gasteiger partial charge in [0.1, 0.15) is 6.10 Å². The van der Waals surface area contributed by atoms with Crippen molar-refractivity contribution >= 4 is 6.47 Å². The van der Waals surface area contributed by atoms with Crippen LogP contribution in [-0.4, -0.2) is 12.6 Å². The monoisotopic (exact) mass is 320 g/mol. The molecule has 2 nitrogen and oxygen atoms in total. The number of carbonyl (C=O) groups excluding carboxylic acids is 1. The first-order chi connectivity index (χ1) is 11.3. The van der Waals surface area contributed by atoms with E-state index in [2.05, 4.69) is 6.92 Å². The van der Waals surface area contributed by atoms with Gasteiger partial charge < -0.3 is 4.74 Å². The van der Waals surface area contributed by atoms with Gasteiger partial charge in [0.2, 0.25) is 0 Å². The van der Waals surface area contributed by atoms with E-state index < -0.39 is 0 Å². The van der Waals surface area contributed by atoms with Gasteiger partial charge in [0.25, 0.3) is 6.47 Å². The highest BCUT2D eigenvalue weighted by atomic mass is 16.5. The molecule has 132 valence electrons. The molecule has 23 heavy (non-hydrogen) atoms. The summed E-state index contributed by atoms with van der Waals surface area (Å²) in [6, 6.07) is 0. The van der Waals surface area contributed by atoms with Crippen molar-refractivity contribution < 1.29 is 9.53 Å². The SMILES string of the molecule is CCCCCCCCCCC12C[C@@H]3CC(C[C@@H](C3)C1)C2OC=O. The maximum Gasteiger partial charge on any atom is 0.293 e. The molecule has 4 aliphatic rings. The van der Waals surface area contributed by atoms with Crippen LogP contribution in [0.5, 0.6) is 0 Å². The van der Waals surface area contributed by atoms with Crippen molar-refractivity contribution in [2.45, 2.75) is 103 Å². The lowest BCUT2D eigenvalue weighted by Crippen LogP contribution is -2.56. The number of hydrogen-bond acceptors (Lipinski definition) is 2. The fourth-order valence-electron chi connectivity index (χ4n) is 6.44. The topological polar surface area (TPSA) is 26.3 Å². The maximum atomic E-state index is 11.0. The third-order valence-corrected chi connectivity index (χ3v) is 7.09. The fraction of sp³-hybridized carbons (Fsp3) is 0.952. The summed E-state index contributed by atoms with van der Waals surface area (Å²) in [7, 11) is 0. The van der Waals surface area contributed by atoms with Gasteiger partial charge in [-0.05, 0) is 56.3 Å². The minimum atomic E-state index is 0.248. The Labute approximate surface area is 142 Å². The lowest BCUT2D eigenvalue weighted by atomic mass is 9.47. The van der Waals surface area contributed by atoms with Gasteiger partial charge in [-0.2, -0.15) is 0 Å². The molecule has 0 N–H and O–H groups in total. The van der Waals surface area contributed by atoms with Crippen LogP contribution in [-0.2, 0) is 9.53 Å². The van der Waals surface area contributed by atoms with E-state index in [0.29, 0.717) is 11.3 Å². The van der Waals surface area contributed by atoms with Crippen LogP contribution < -0.4 is 0 Å². The number of ether oxygens (including phenoxy) is 1. The molecule has 3 unspecified atom stereocenters. The summed E-state index contributed by atoms with van der Waals surface area (Å²) in [5, 5.41) is 0. The molecule has 0 aromatic rings. The first-order valence-electron chi connectivity index (χ1n) is 10.4. The van der Waals surface area contributed by atoms with Crippen molar-refractivity contribution in [1.29, 1.82) is 0 Å². The van der Waals surface area contributed by atoms with Crippen molar-refractivity contribution in [2.75, 3.05) is 0 Å². The molecule has 4 aliphatic carbocycles. The van der Waals surface area contributed by atoms with Crippen LogP contribution in [0.2, 0.25) is 0 Å². The van der Waals surface area contributed by atoms with Gasteiger partial charge in [0, 0.05) is 5.41 Å². The van der Waals surface area contributed by atoms with Gasteiger partial charge in [0.15, 0.2) is 0 Å². The molecular formula is C21H36O2. The smallest absolute Gasteiger partial charge is 0.293 e. The Morgan fingerprint density at radius 3 is 2.13 bits per heavy atom. The van der Waals surface area contributed by atoms with E-state index in [0.717, 1.165) is 18.3 Å². The number of carbonyl (C=O) groups is 1. The average molecular weight is 321 g/mol. The van der Waals surface area contributed by atoms with Crippen LogP contribution in [0.25, 0.3) is 0 Å². The molecule has 0 heterocycles. The van der Waals surface area contributed by atoms with Crippen LogP contribution in [0.4, 0.5) is 0 Å². The molecule has 0 radical (unpaired) electrons. The highest BCUT2D eigenvalue weighted by molar-refractivity contribution is 5.38. The molecule has 5 atom stereocenters. The van der Waals surface area contributed by atoms with Crippen molar-refractivity contribution in [3.05, 3.63) is 0 Å². The second kappa shape index (κ2) is 8.03. The second-order valence-corrected chi connectivity index (χ2v) is 8.85. The van der Waals surface area contributed by atoms with E-state index in [1.807, 2.05) is 0 Å². The Morgan fingerprint density at radius 1 is 0.913 bits per heavy atom. The molecule has 0 spiro atoms. The van der Waals surface area contributed by atoms with Crippen LogP contribution in [0.3, 0.4) is 0 Å². The van der Waals surface area contributed by atoms with E-state index in [1.54, 1.807) is 0 Å². The Bertz CT molecular complexity index is 364. The van der Waals surface area contributed by atoms with Crippen LogP contribution in [0.15, 0.2) is 0 Å². The molecule has 0 aromatic carbocycles. The largest absolute Gasteiger partial charge is 0.464 e. The fourth-order valence-corrected chi connectivity index (χ4v) is 6.44. The predicted octanol–water partition coefficient (Wildman–Crippen LogP) is 5.89. The Morgan fingerprint density at radius 2 is 1.52 bits per heavy atom. The van der Waals surface area contributed by atoms with Gasteiger partial charge in [-0.25, -0.2) is 0 Å². The molecule has 0 saturated heterocycles. The molecule has 4 rings (SSSR count). The summed E-state index contributed by atoms with van der Waals surface area (Å²) in [5.41, 5.74) is 0.359. The number of unbranched alkanes of at least 4 members (excludes halogenated alkanes) is 7. The molecule has 4 bridgehead atoms. The summed E-state index contributed by atoms with van der Waals surface area (Å²) in [5.74, 6) is 2.56. The summed E-state index contributed by atoms with van der Waals surface area (Å²) in [6.45, 7) is 3.02. The molecule has 4 saturated carbocycles. The Kier molecular flexibility index (Phi) is 6.04. The first kappa shape index (κ1) is 17.3. The van der Waals surface area contributed by atoms with Crippen molar-refractivity contribution in [3.63, 3.8) is 0 Å². The Hall–Kier alpha value is -0.530. The van der Waals surface area contributed by atoms with Crippen LogP contribution in [0.1, 0.15) is 96.8 Å². The highest BCUT2D eigenvalue weighted by Gasteiger charge is 2.57. The van der Waals surface area contributed by atoms with E-state index in [-0.39, 0.29) is 6.10 Å². The van der Waals surface area contributed by atoms with Gasteiger partial charge >= 0.3 is 0 Å². The zero-order chi connectivity index (χ0) is 16.1. The summed E-state index contributed by atoms with van der Waals surface area (Å²) < 4.78 is 5.66. The van der Waals surface area contributed by atoms with Crippen molar-refractivity contribution in [3.8, 4) is 0 Å². The zero-order valence-electron chi connectivity index (χ0n) is 15.1. The predicted molar refractivity (Wildman–Crippen MR) is 94.2 cm³/mol. The van der Waals surface area contributed by atoms with Crippen LogP contribution >= 0.6 is 0 Å². The molecule has 0 aromatic heterocycles. The third kappa shape index (κ3) is 3.94. The molecule has 2 heteroatoms. The van der Waals surface area contributed by atoms with Gasteiger partial charge in [-0.3, -0.25) is 4.79 Å². The minimum absolute atomic E-state index is 0.248. The lowest BCUT2D eigenvalue weighted by molar-refractivity contribution is -0.184. The minimum Gasteiger partial charge on any atom is -0.464 e. The standard InChI is InChI=1S/C21H36O2/c1-2-3-4-5-6-7-8-9-10-21-14-17-11-18(15-21)13-19(12-17)20(21)23-16-22/h16-20H,2-15H2,1H3/t17-,18+,19?,20?,21?. The third-order valence-electron chi connectivity index (χ3n) is 7.09. The summed E-state index contributed by atoms with van der Waals surface area (Å²) in [6.07, 6.45) is 19.5. The van der Waals surface area contributed by atoms with Gasteiger partial charge in [-0.15, -0.1) is 0 Å². The van der Waals surface area contributed by atoms with E-state index in [9.17, 15) is 4.79 Å². The number of rotatable bonds is 11. The average Bonchev–Trinajstić information content (AvgIpc) is 2.53. The molecule has 4 fully saturated rings. The zero-order valence-corrected chi connectivity index (χ0v) is 15.1. The quantitative estimate of drug-likeness (QED) is 0.351. The number of hydrogen-bond donors (Lipinski definition) is 0. The first-order valence-corrected chi connectivity index (χ1v) is 10.4. The van der Waals surface area contributed by atoms with Gasteiger partial charge in [0.05, 0.1) is 0 Å². The Balaban J connectivity index is 1.44. The van der Waals surface area contributed by atoms with Gasteiger partial charge in [-0.1, -0.05) is 58.3 Å². The van der Waals surface area contributed by atoms with Crippen LogP contribution in [0, 0.1) is 23.2 Å². The normalized spacial score (nSPS) is 38.0. The molecule has 0 amide bonds. The van der Waals surface area contributed by atoms with E-state index in [4.69, 9.17) is 4.74 Å². The molecule has 0 aliphatic heterocycles. The highest BCUT2D eigenvalue weighted by Crippen LogP contribution is 2.62. The maximum absolute atomic E-state index is 11.0. The second-order valence-electron chi connectivity index (χ2n) is 8.85.